The molecule has 0 fully saturated rings. The number of methoxy groups -OCH3 is 1. The number of ether oxygens (including phenoxy) is 1. The Balaban J connectivity index is 2.03. The van der Waals surface area contributed by atoms with Crippen LogP contribution in [0.4, 0.5) is 0 Å². The maximum atomic E-state index is 9.27. The van der Waals surface area contributed by atoms with Gasteiger partial charge in [0.05, 0.1) is 12.8 Å². The Morgan fingerprint density at radius 2 is 2.00 bits per heavy atom. The van der Waals surface area contributed by atoms with Crippen LogP contribution in [0.25, 0.3) is 0 Å². The Morgan fingerprint density at radius 3 is 2.64 bits per heavy atom. The first-order chi connectivity index (χ1) is 10.8. The molecule has 1 N–H and O–H groups in total. The Labute approximate surface area is 131 Å². The summed E-state index contributed by atoms with van der Waals surface area (Å²) < 4.78 is 7.34. The van der Waals surface area contributed by atoms with Crippen molar-refractivity contribution in [2.75, 3.05) is 7.11 Å². The fourth-order valence-electron chi connectivity index (χ4n) is 2.42. The zero-order valence-electron chi connectivity index (χ0n) is 13.2. The maximum absolute atomic E-state index is 9.27. The lowest BCUT2D eigenvalue weighted by molar-refractivity contribution is -0.697. The smallest absolute Gasteiger partial charge is 0.171 e. The lowest BCUT2D eigenvalue weighted by Gasteiger charge is -2.06. The van der Waals surface area contributed by atoms with E-state index in [2.05, 4.69) is 41.2 Å². The zero-order valence-corrected chi connectivity index (χ0v) is 13.2. The normalized spacial score (nSPS) is 11.5. The predicted octanol–water partition coefficient (Wildman–Crippen LogP) is 3.20. The monoisotopic (exact) mass is 299 g/mol. The van der Waals surface area contributed by atoms with E-state index in [0.717, 1.165) is 30.7 Å². The average Bonchev–Trinajstić information content (AvgIpc) is 2.57. The van der Waals surface area contributed by atoms with Gasteiger partial charge in [-0.15, -0.1) is 0 Å². The van der Waals surface area contributed by atoms with Gasteiger partial charge in [-0.25, -0.2) is 4.57 Å². The van der Waals surface area contributed by atoms with Gasteiger partial charge in [0.25, 0.3) is 0 Å². The number of aryl methyl sites for hydroxylation is 2. The molecule has 4 nitrogen and oxygen atoms in total. The standard InChI is InChI=1S/C18H22N2O2/c1-3-12-20-13-4-5-15(14-20)6-11-18(19-21)16-7-9-17(22-2)10-8-16/h4-5,7-10,13-14H,3,6,11-12H2,1-2H3/p+1/b19-18-. The highest BCUT2D eigenvalue weighted by atomic mass is 16.5. The summed E-state index contributed by atoms with van der Waals surface area (Å²) in [5, 5.41) is 12.7. The number of aromatic nitrogens is 1. The van der Waals surface area contributed by atoms with E-state index < -0.39 is 0 Å². The van der Waals surface area contributed by atoms with Crippen molar-refractivity contribution in [2.24, 2.45) is 5.16 Å². The highest BCUT2D eigenvalue weighted by Crippen LogP contribution is 2.14. The van der Waals surface area contributed by atoms with Gasteiger partial charge >= 0.3 is 0 Å². The summed E-state index contributed by atoms with van der Waals surface area (Å²) in [5.41, 5.74) is 2.85. The van der Waals surface area contributed by atoms with Crippen LogP contribution < -0.4 is 9.30 Å². The van der Waals surface area contributed by atoms with Crippen LogP contribution in [-0.4, -0.2) is 18.0 Å². The van der Waals surface area contributed by atoms with E-state index in [4.69, 9.17) is 4.74 Å². The van der Waals surface area contributed by atoms with Crippen molar-refractivity contribution in [3.05, 3.63) is 59.9 Å². The van der Waals surface area contributed by atoms with Gasteiger partial charge in [-0.3, -0.25) is 0 Å². The van der Waals surface area contributed by atoms with Crippen molar-refractivity contribution >= 4 is 5.71 Å². The van der Waals surface area contributed by atoms with Gasteiger partial charge < -0.3 is 9.94 Å². The van der Waals surface area contributed by atoms with Crippen molar-refractivity contribution in [3.63, 3.8) is 0 Å². The van der Waals surface area contributed by atoms with Gasteiger partial charge in [0, 0.05) is 18.1 Å². The van der Waals surface area contributed by atoms with Gasteiger partial charge in [0.1, 0.15) is 12.3 Å². The van der Waals surface area contributed by atoms with Crippen LogP contribution >= 0.6 is 0 Å². The quantitative estimate of drug-likeness (QED) is 0.369. The van der Waals surface area contributed by atoms with Crippen LogP contribution in [-0.2, 0) is 13.0 Å². The summed E-state index contributed by atoms with van der Waals surface area (Å²) in [4.78, 5) is 0. The van der Waals surface area contributed by atoms with Crippen molar-refractivity contribution < 1.29 is 14.5 Å². The molecular formula is C18H23N2O2+. The lowest BCUT2D eigenvalue weighted by atomic mass is 10.0. The van der Waals surface area contributed by atoms with Crippen molar-refractivity contribution in [3.8, 4) is 5.75 Å². The van der Waals surface area contributed by atoms with E-state index in [9.17, 15) is 5.21 Å². The average molecular weight is 299 g/mol. The van der Waals surface area contributed by atoms with Crippen molar-refractivity contribution in [2.45, 2.75) is 32.7 Å². The molecule has 1 heterocycles. The molecule has 1 aromatic heterocycles. The van der Waals surface area contributed by atoms with Gasteiger partial charge in [-0.1, -0.05) is 12.1 Å². The van der Waals surface area contributed by atoms with E-state index in [1.807, 2.05) is 24.3 Å². The number of benzene rings is 1. The third-order valence-electron chi connectivity index (χ3n) is 3.60. The minimum absolute atomic E-state index is 0.688. The number of rotatable bonds is 7. The molecule has 2 rings (SSSR count). The second kappa shape index (κ2) is 8.17. The summed E-state index contributed by atoms with van der Waals surface area (Å²) in [5.74, 6) is 0.796. The highest BCUT2D eigenvalue weighted by molar-refractivity contribution is 6.00. The Morgan fingerprint density at radius 1 is 1.23 bits per heavy atom. The Hall–Kier alpha value is -2.36. The van der Waals surface area contributed by atoms with Crippen LogP contribution in [0.15, 0.2) is 53.9 Å². The molecule has 1 aromatic carbocycles. The van der Waals surface area contributed by atoms with Crippen LogP contribution in [0.5, 0.6) is 5.75 Å². The molecule has 0 aliphatic rings. The van der Waals surface area contributed by atoms with Crippen LogP contribution in [0.2, 0.25) is 0 Å². The second-order valence-corrected chi connectivity index (χ2v) is 5.23. The summed E-state index contributed by atoms with van der Waals surface area (Å²) in [6.07, 6.45) is 6.89. The molecule has 0 radical (unpaired) electrons. The number of pyridine rings is 1. The van der Waals surface area contributed by atoms with Crippen LogP contribution in [0.3, 0.4) is 0 Å². The largest absolute Gasteiger partial charge is 0.497 e. The van der Waals surface area contributed by atoms with Crippen LogP contribution in [0, 0.1) is 0 Å². The third-order valence-corrected chi connectivity index (χ3v) is 3.60. The molecule has 0 saturated carbocycles. The van der Waals surface area contributed by atoms with Gasteiger partial charge in [0.15, 0.2) is 12.4 Å². The topological polar surface area (TPSA) is 45.7 Å². The first-order valence-electron chi connectivity index (χ1n) is 7.60. The van der Waals surface area contributed by atoms with E-state index in [0.29, 0.717) is 12.1 Å². The molecule has 4 heteroatoms. The first kappa shape index (κ1) is 16.0. The minimum Gasteiger partial charge on any atom is -0.497 e. The van der Waals surface area contributed by atoms with E-state index in [1.54, 1.807) is 7.11 Å². The van der Waals surface area contributed by atoms with E-state index in [-0.39, 0.29) is 0 Å². The summed E-state index contributed by atoms with van der Waals surface area (Å²) in [6.45, 7) is 3.19. The summed E-state index contributed by atoms with van der Waals surface area (Å²) in [7, 11) is 1.64. The minimum atomic E-state index is 0.688. The number of hydrogen-bond donors (Lipinski definition) is 1. The lowest BCUT2D eigenvalue weighted by Crippen LogP contribution is -2.32. The molecule has 0 bridgehead atoms. The predicted molar refractivity (Wildman–Crippen MR) is 86.6 cm³/mol. The van der Waals surface area contributed by atoms with Crippen LogP contribution in [0.1, 0.15) is 30.9 Å². The fraction of sp³-hybridized carbons (Fsp3) is 0.333. The molecule has 0 aliphatic carbocycles. The SMILES string of the molecule is CCC[n+]1cccc(CC/C(=N/O)c2ccc(OC)cc2)c1. The molecule has 116 valence electrons. The van der Waals surface area contributed by atoms with Gasteiger partial charge in [-0.2, -0.15) is 0 Å². The highest BCUT2D eigenvalue weighted by Gasteiger charge is 2.08. The molecule has 2 aromatic rings. The second-order valence-electron chi connectivity index (χ2n) is 5.23. The molecule has 0 unspecified atom stereocenters. The fourth-order valence-corrected chi connectivity index (χ4v) is 2.42. The molecule has 22 heavy (non-hydrogen) atoms. The molecule has 0 spiro atoms. The van der Waals surface area contributed by atoms with Gasteiger partial charge in [0.2, 0.25) is 0 Å². The Bertz CT molecular complexity index is 621. The maximum Gasteiger partial charge on any atom is 0.171 e. The number of hydrogen-bond acceptors (Lipinski definition) is 3. The summed E-state index contributed by atoms with van der Waals surface area (Å²) in [6, 6.07) is 11.7. The number of oxime groups is 1. The summed E-state index contributed by atoms with van der Waals surface area (Å²) >= 11 is 0. The molecule has 0 amide bonds. The van der Waals surface area contributed by atoms with Crippen molar-refractivity contribution in [1.29, 1.82) is 0 Å². The van der Waals surface area contributed by atoms with E-state index >= 15 is 0 Å². The Kier molecular flexibility index (Phi) is 5.95. The van der Waals surface area contributed by atoms with Crippen molar-refractivity contribution in [1.82, 2.24) is 0 Å². The molecule has 0 saturated heterocycles. The van der Waals surface area contributed by atoms with E-state index in [1.165, 1.54) is 5.56 Å². The zero-order chi connectivity index (χ0) is 15.8. The third kappa shape index (κ3) is 4.32. The van der Waals surface area contributed by atoms with Gasteiger partial charge in [-0.05, 0) is 48.7 Å². The molecular weight excluding hydrogens is 276 g/mol. The molecule has 0 atom stereocenters. The molecule has 0 aliphatic heterocycles. The number of nitrogens with zero attached hydrogens (tertiary/aromatic N) is 2. The first-order valence-corrected chi connectivity index (χ1v) is 7.60.